The van der Waals surface area contributed by atoms with Crippen LogP contribution in [-0.2, 0) is 0 Å². The molecule has 2 aromatic heterocycles. The molecule has 0 aliphatic heterocycles. The third kappa shape index (κ3) is 4.23. The molecule has 0 unspecified atom stereocenters. The van der Waals surface area contributed by atoms with E-state index < -0.39 is 11.7 Å². The summed E-state index contributed by atoms with van der Waals surface area (Å²) in [5, 5.41) is 8.91. The van der Waals surface area contributed by atoms with Gasteiger partial charge in [0.15, 0.2) is 11.6 Å². The van der Waals surface area contributed by atoms with Gasteiger partial charge in [-0.1, -0.05) is 18.2 Å². The fourth-order valence-electron chi connectivity index (χ4n) is 3.08. The average molecular weight is 418 g/mol. The van der Waals surface area contributed by atoms with Crippen LogP contribution < -0.4 is 16.0 Å². The lowest BCUT2D eigenvalue weighted by atomic mass is 10.2. The molecule has 0 saturated heterocycles. The molecule has 4 rings (SSSR count). The number of aromatic nitrogens is 1. The van der Waals surface area contributed by atoms with Gasteiger partial charge in [0, 0.05) is 24.3 Å². The third-order valence-corrected chi connectivity index (χ3v) is 4.73. The first kappa shape index (κ1) is 20.1. The van der Waals surface area contributed by atoms with Crippen molar-refractivity contribution in [2.24, 2.45) is 0 Å². The third-order valence-electron chi connectivity index (χ3n) is 4.73. The summed E-state index contributed by atoms with van der Waals surface area (Å²) < 4.78 is 19.0. The number of aryl methyl sites for hydroxylation is 1. The Bertz CT molecular complexity index is 1300. The lowest BCUT2D eigenvalue weighted by Crippen LogP contribution is -2.19. The second-order valence-corrected chi connectivity index (χ2v) is 6.89. The fourth-order valence-corrected chi connectivity index (χ4v) is 3.08. The van der Waals surface area contributed by atoms with Crippen molar-refractivity contribution in [2.45, 2.75) is 6.92 Å². The Kier molecular flexibility index (Phi) is 5.36. The van der Waals surface area contributed by atoms with Crippen LogP contribution in [0.4, 0.5) is 21.6 Å². The van der Waals surface area contributed by atoms with Crippen LogP contribution in [0.15, 0.2) is 65.2 Å². The maximum Gasteiger partial charge on any atom is 0.291 e. The van der Waals surface area contributed by atoms with Crippen LogP contribution in [0.2, 0.25) is 0 Å². The maximum absolute atomic E-state index is 13.4. The highest BCUT2D eigenvalue weighted by Crippen LogP contribution is 2.28. The first-order chi connectivity index (χ1) is 14.9. The Hall–Kier alpha value is -4.20. The lowest BCUT2D eigenvalue weighted by molar-refractivity contribution is 0.0960. The van der Waals surface area contributed by atoms with Crippen molar-refractivity contribution in [3.8, 4) is 0 Å². The minimum atomic E-state index is -0.555. The van der Waals surface area contributed by atoms with Gasteiger partial charge in [-0.25, -0.2) is 9.37 Å². The minimum Gasteiger partial charge on any atom is -0.451 e. The monoisotopic (exact) mass is 418 g/mol. The zero-order chi connectivity index (χ0) is 22.0. The molecule has 156 valence electrons. The molecule has 0 saturated carbocycles. The zero-order valence-corrected chi connectivity index (χ0v) is 16.8. The summed E-state index contributed by atoms with van der Waals surface area (Å²) in [6, 6.07) is 14.6. The molecule has 2 amide bonds. The molecule has 2 heterocycles. The standard InChI is InChI=1S/C23H19FN4O3/c1-13-5-3-4-6-17(13)27-21-18(10-15(12-26-21)22(29)25-2)28-23(30)20-11-14-9-16(24)7-8-19(14)31-20/h3-12H,1-2H3,(H,25,29)(H,26,27)(H,28,30). The first-order valence-electron chi connectivity index (χ1n) is 9.50. The number of furan rings is 1. The Morgan fingerprint density at radius 1 is 1.00 bits per heavy atom. The smallest absolute Gasteiger partial charge is 0.291 e. The molecule has 2 aromatic carbocycles. The molecule has 0 radical (unpaired) electrons. The number of halogens is 1. The number of hydrogen-bond donors (Lipinski definition) is 3. The van der Waals surface area contributed by atoms with Gasteiger partial charge in [0.1, 0.15) is 11.4 Å². The molecular formula is C23H19FN4O3. The number of carbonyl (C=O) groups excluding carboxylic acids is 2. The van der Waals surface area contributed by atoms with E-state index in [4.69, 9.17) is 4.42 Å². The molecule has 0 fully saturated rings. The highest BCUT2D eigenvalue weighted by atomic mass is 19.1. The Morgan fingerprint density at radius 2 is 1.81 bits per heavy atom. The first-order valence-corrected chi connectivity index (χ1v) is 9.50. The largest absolute Gasteiger partial charge is 0.451 e. The molecule has 0 spiro atoms. The van der Waals surface area contributed by atoms with E-state index in [0.29, 0.717) is 22.5 Å². The highest BCUT2D eigenvalue weighted by molar-refractivity contribution is 6.07. The Morgan fingerprint density at radius 3 is 2.58 bits per heavy atom. The number of rotatable bonds is 5. The van der Waals surface area contributed by atoms with Crippen molar-refractivity contribution in [3.05, 3.63) is 83.5 Å². The van der Waals surface area contributed by atoms with E-state index in [1.54, 1.807) is 0 Å². The van der Waals surface area contributed by atoms with Gasteiger partial charge in [0.05, 0.1) is 11.3 Å². The molecular weight excluding hydrogens is 399 g/mol. The lowest BCUT2D eigenvalue weighted by Gasteiger charge is -2.14. The summed E-state index contributed by atoms with van der Waals surface area (Å²) in [5.74, 6) is -0.956. The maximum atomic E-state index is 13.4. The topological polar surface area (TPSA) is 96.3 Å². The molecule has 7 nitrogen and oxygen atoms in total. The van der Waals surface area contributed by atoms with Crippen LogP contribution in [0.3, 0.4) is 0 Å². The number of nitrogens with zero attached hydrogens (tertiary/aromatic N) is 1. The number of carbonyl (C=O) groups is 2. The summed E-state index contributed by atoms with van der Waals surface area (Å²) in [5.41, 5.74) is 2.75. The van der Waals surface area contributed by atoms with E-state index in [-0.39, 0.29) is 17.2 Å². The number of para-hydroxylation sites is 1. The molecule has 4 aromatic rings. The fraction of sp³-hybridized carbons (Fsp3) is 0.0870. The molecule has 0 aliphatic carbocycles. The predicted molar refractivity (Wildman–Crippen MR) is 116 cm³/mol. The van der Waals surface area contributed by atoms with Crippen LogP contribution in [0.25, 0.3) is 11.0 Å². The van der Waals surface area contributed by atoms with Gasteiger partial charge < -0.3 is 20.4 Å². The number of pyridine rings is 1. The SMILES string of the molecule is CNC(=O)c1cnc(Nc2ccccc2C)c(NC(=O)c2cc3cc(F)ccc3o2)c1. The number of anilines is 3. The molecule has 31 heavy (non-hydrogen) atoms. The van der Waals surface area contributed by atoms with Crippen LogP contribution in [-0.4, -0.2) is 23.8 Å². The van der Waals surface area contributed by atoms with E-state index in [1.807, 2.05) is 31.2 Å². The second kappa shape index (κ2) is 8.27. The van der Waals surface area contributed by atoms with Crippen molar-refractivity contribution in [1.29, 1.82) is 0 Å². The number of hydrogen-bond acceptors (Lipinski definition) is 5. The minimum absolute atomic E-state index is 0.00721. The normalized spacial score (nSPS) is 10.7. The van der Waals surface area contributed by atoms with Crippen molar-refractivity contribution in [2.75, 3.05) is 17.7 Å². The molecule has 3 N–H and O–H groups in total. The van der Waals surface area contributed by atoms with Gasteiger partial charge >= 0.3 is 0 Å². The predicted octanol–water partition coefficient (Wildman–Crippen LogP) is 4.63. The van der Waals surface area contributed by atoms with Crippen LogP contribution in [0, 0.1) is 12.7 Å². The van der Waals surface area contributed by atoms with Gasteiger partial charge in [-0.3, -0.25) is 9.59 Å². The number of nitrogens with one attached hydrogen (secondary N) is 3. The summed E-state index contributed by atoms with van der Waals surface area (Å²) in [6.45, 7) is 1.94. The van der Waals surface area contributed by atoms with Gasteiger partial charge in [-0.2, -0.15) is 0 Å². The number of fused-ring (bicyclic) bond motifs is 1. The van der Waals surface area contributed by atoms with Gasteiger partial charge in [0.25, 0.3) is 11.8 Å². The Labute approximate surface area is 177 Å². The highest BCUT2D eigenvalue weighted by Gasteiger charge is 2.17. The van der Waals surface area contributed by atoms with Crippen LogP contribution in [0.1, 0.15) is 26.5 Å². The summed E-state index contributed by atoms with van der Waals surface area (Å²) in [6.07, 6.45) is 1.42. The zero-order valence-electron chi connectivity index (χ0n) is 16.8. The van der Waals surface area contributed by atoms with Crippen molar-refractivity contribution in [1.82, 2.24) is 10.3 Å². The number of benzene rings is 2. The second-order valence-electron chi connectivity index (χ2n) is 6.89. The van der Waals surface area contributed by atoms with Crippen molar-refractivity contribution >= 4 is 40.0 Å². The van der Waals surface area contributed by atoms with Crippen molar-refractivity contribution < 1.29 is 18.4 Å². The summed E-state index contributed by atoms with van der Waals surface area (Å²) in [4.78, 5) is 29.2. The van der Waals surface area contributed by atoms with Crippen LogP contribution in [0.5, 0.6) is 0 Å². The van der Waals surface area contributed by atoms with Crippen molar-refractivity contribution in [3.63, 3.8) is 0 Å². The quantitative estimate of drug-likeness (QED) is 0.439. The average Bonchev–Trinajstić information content (AvgIpc) is 3.19. The van der Waals surface area contributed by atoms with E-state index >= 15 is 0 Å². The van der Waals surface area contributed by atoms with E-state index in [1.165, 1.54) is 43.6 Å². The molecule has 8 heteroatoms. The van der Waals surface area contributed by atoms with E-state index in [0.717, 1.165) is 11.3 Å². The van der Waals surface area contributed by atoms with E-state index in [2.05, 4.69) is 20.9 Å². The summed E-state index contributed by atoms with van der Waals surface area (Å²) >= 11 is 0. The van der Waals surface area contributed by atoms with E-state index in [9.17, 15) is 14.0 Å². The van der Waals surface area contributed by atoms with Gasteiger partial charge in [0.2, 0.25) is 0 Å². The molecule has 0 atom stereocenters. The molecule has 0 bridgehead atoms. The molecule has 0 aliphatic rings. The van der Waals surface area contributed by atoms with Gasteiger partial charge in [-0.15, -0.1) is 0 Å². The summed E-state index contributed by atoms with van der Waals surface area (Å²) in [7, 11) is 1.51. The van der Waals surface area contributed by atoms with Gasteiger partial charge in [-0.05, 0) is 48.9 Å². The Balaban J connectivity index is 1.69. The van der Waals surface area contributed by atoms with Crippen LogP contribution >= 0.6 is 0 Å². The number of amides is 2.